The van der Waals surface area contributed by atoms with Gasteiger partial charge in [0.15, 0.2) is 5.76 Å². The molecule has 196 valence electrons. The van der Waals surface area contributed by atoms with Gasteiger partial charge in [0.05, 0.1) is 17.0 Å². The highest BCUT2D eigenvalue weighted by Crippen LogP contribution is 2.41. The van der Waals surface area contributed by atoms with Crippen molar-refractivity contribution in [2.45, 2.75) is 77.0 Å². The van der Waals surface area contributed by atoms with Crippen molar-refractivity contribution in [3.8, 4) is 17.4 Å². The average Bonchev–Trinajstić information content (AvgIpc) is 3.46. The fourth-order valence-corrected chi connectivity index (χ4v) is 5.62. The summed E-state index contributed by atoms with van der Waals surface area (Å²) in [7, 11) is 0. The summed E-state index contributed by atoms with van der Waals surface area (Å²) in [5, 5.41) is 25.5. The van der Waals surface area contributed by atoms with Gasteiger partial charge in [0.2, 0.25) is 5.91 Å². The number of amides is 2. The van der Waals surface area contributed by atoms with Crippen LogP contribution in [0.3, 0.4) is 0 Å². The van der Waals surface area contributed by atoms with Crippen LogP contribution in [-0.4, -0.2) is 58.0 Å². The first-order valence-corrected chi connectivity index (χ1v) is 12.6. The Kier molecular flexibility index (Phi) is 7.16. The van der Waals surface area contributed by atoms with Crippen LogP contribution in [0.4, 0.5) is 0 Å². The van der Waals surface area contributed by atoms with E-state index >= 15 is 0 Å². The van der Waals surface area contributed by atoms with E-state index in [1.165, 1.54) is 6.07 Å². The summed E-state index contributed by atoms with van der Waals surface area (Å²) >= 11 is 0. The number of hydrogen-bond donors (Lipinski definition) is 3. The van der Waals surface area contributed by atoms with Crippen molar-refractivity contribution in [3.63, 3.8) is 0 Å². The fourth-order valence-electron chi connectivity index (χ4n) is 5.62. The van der Waals surface area contributed by atoms with Crippen LogP contribution in [0.1, 0.15) is 69.5 Å². The van der Waals surface area contributed by atoms with Gasteiger partial charge in [0, 0.05) is 29.7 Å². The second-order valence-electron chi connectivity index (χ2n) is 11.3. The number of nitriles is 1. The Bertz CT molecular complexity index is 1240. The van der Waals surface area contributed by atoms with Crippen LogP contribution in [-0.2, 0) is 9.59 Å². The highest BCUT2D eigenvalue weighted by molar-refractivity contribution is 5.96. The van der Waals surface area contributed by atoms with Gasteiger partial charge in [-0.25, -0.2) is 0 Å². The van der Waals surface area contributed by atoms with E-state index < -0.39 is 29.4 Å². The van der Waals surface area contributed by atoms with Crippen LogP contribution in [0.5, 0.6) is 0 Å². The minimum atomic E-state index is -1.09. The molecule has 3 N–H and O–H groups in total. The lowest BCUT2D eigenvalue weighted by molar-refractivity contribution is -0.158. The van der Waals surface area contributed by atoms with Gasteiger partial charge in [-0.1, -0.05) is 12.1 Å². The van der Waals surface area contributed by atoms with Crippen molar-refractivity contribution < 1.29 is 23.9 Å². The zero-order chi connectivity index (χ0) is 27.0. The highest BCUT2D eigenvalue weighted by atomic mass is 16.4. The molecule has 1 aliphatic carbocycles. The molecule has 1 aliphatic heterocycles. The predicted molar refractivity (Wildman–Crippen MR) is 137 cm³/mol. The van der Waals surface area contributed by atoms with E-state index in [1.54, 1.807) is 42.2 Å². The Labute approximate surface area is 216 Å². The molecule has 2 heterocycles. The molecule has 2 amide bonds. The van der Waals surface area contributed by atoms with Crippen LogP contribution in [0, 0.1) is 16.7 Å². The molecular formula is C28H34N4O5. The van der Waals surface area contributed by atoms with E-state index in [4.69, 9.17) is 9.68 Å². The maximum atomic E-state index is 13.3. The smallest absolute Gasteiger partial charge is 0.311 e. The highest BCUT2D eigenvalue weighted by Gasteiger charge is 2.52. The number of likely N-dealkylation sites (tertiary alicyclic amines) is 1. The SMILES string of the molecule is CC(C)(C)NC1CCC(N2CC[C@H](NC(=O)c3ccc(-c4cccc(C#N)c4)o3)C2=O)C(C)(C(=O)O)C1. The maximum absolute atomic E-state index is 13.3. The minimum absolute atomic E-state index is 0.0487. The number of aliphatic carboxylic acids is 1. The Balaban J connectivity index is 1.43. The van der Waals surface area contributed by atoms with Gasteiger partial charge in [0.1, 0.15) is 11.8 Å². The van der Waals surface area contributed by atoms with Crippen molar-refractivity contribution in [3.05, 3.63) is 47.7 Å². The second-order valence-corrected chi connectivity index (χ2v) is 11.3. The van der Waals surface area contributed by atoms with Gasteiger partial charge in [0.25, 0.3) is 5.91 Å². The standard InChI is InChI=1S/C28H34N4O5/c1-27(2,3)31-19-8-11-23(28(4,15-19)26(35)36)32-13-12-20(25(32)34)30-24(33)22-10-9-21(37-22)18-7-5-6-17(14-18)16-29/h5-7,9-10,14,19-20,23,31H,8,11-13,15H2,1-4H3,(H,30,33)(H,35,36)/t19?,20-,23?,28?/m0/s1. The third kappa shape index (κ3) is 5.54. The van der Waals surface area contributed by atoms with Crippen LogP contribution >= 0.6 is 0 Å². The number of carboxylic acids is 1. The monoisotopic (exact) mass is 506 g/mol. The molecule has 3 unspecified atom stereocenters. The molecule has 37 heavy (non-hydrogen) atoms. The van der Waals surface area contributed by atoms with Gasteiger partial charge in [-0.3, -0.25) is 14.4 Å². The van der Waals surface area contributed by atoms with Gasteiger partial charge in [-0.15, -0.1) is 0 Å². The normalized spacial score (nSPS) is 26.1. The Morgan fingerprint density at radius 3 is 2.62 bits per heavy atom. The molecule has 2 aliphatic rings. The summed E-state index contributed by atoms with van der Waals surface area (Å²) in [5.41, 5.74) is -0.0808. The second kappa shape index (κ2) is 10.0. The number of carboxylic acid groups (broad SMARTS) is 1. The molecule has 0 spiro atoms. The quantitative estimate of drug-likeness (QED) is 0.545. The molecule has 0 bridgehead atoms. The minimum Gasteiger partial charge on any atom is -0.481 e. The lowest BCUT2D eigenvalue weighted by atomic mass is 9.68. The van der Waals surface area contributed by atoms with Gasteiger partial charge in [-0.2, -0.15) is 5.26 Å². The lowest BCUT2D eigenvalue weighted by Crippen LogP contribution is -2.59. The maximum Gasteiger partial charge on any atom is 0.311 e. The third-order valence-corrected chi connectivity index (χ3v) is 7.35. The number of furan rings is 1. The zero-order valence-electron chi connectivity index (χ0n) is 21.7. The number of hydrogen-bond acceptors (Lipinski definition) is 6. The van der Waals surface area contributed by atoms with Crippen molar-refractivity contribution >= 4 is 17.8 Å². The third-order valence-electron chi connectivity index (χ3n) is 7.35. The number of carbonyl (C=O) groups excluding carboxylic acids is 2. The molecule has 4 atom stereocenters. The summed E-state index contributed by atoms with van der Waals surface area (Å²) in [6.07, 6.45) is 2.17. The molecule has 1 aromatic heterocycles. The predicted octanol–water partition coefficient (Wildman–Crippen LogP) is 3.55. The Hall–Kier alpha value is -3.64. The molecular weight excluding hydrogens is 472 g/mol. The molecule has 4 rings (SSSR count). The van der Waals surface area contributed by atoms with Crippen LogP contribution in [0.25, 0.3) is 11.3 Å². The number of nitrogens with one attached hydrogen (secondary N) is 2. The Morgan fingerprint density at radius 2 is 1.95 bits per heavy atom. The number of benzene rings is 1. The zero-order valence-corrected chi connectivity index (χ0v) is 21.7. The first kappa shape index (κ1) is 26.4. The van der Waals surface area contributed by atoms with Crippen molar-refractivity contribution in [1.82, 2.24) is 15.5 Å². The molecule has 9 heteroatoms. The summed E-state index contributed by atoms with van der Waals surface area (Å²) in [6.45, 7) is 8.28. The molecule has 1 aromatic carbocycles. The average molecular weight is 507 g/mol. The van der Waals surface area contributed by atoms with Gasteiger partial charge >= 0.3 is 5.97 Å². The first-order chi connectivity index (χ1) is 17.4. The van der Waals surface area contributed by atoms with Gasteiger partial charge in [-0.05, 0) is 77.6 Å². The van der Waals surface area contributed by atoms with Crippen molar-refractivity contribution in [2.75, 3.05) is 6.54 Å². The summed E-state index contributed by atoms with van der Waals surface area (Å²) in [5.74, 6) is -1.18. The summed E-state index contributed by atoms with van der Waals surface area (Å²) in [6, 6.07) is 11.0. The molecule has 2 fully saturated rings. The van der Waals surface area contributed by atoms with E-state index in [0.29, 0.717) is 42.7 Å². The summed E-state index contributed by atoms with van der Waals surface area (Å²) < 4.78 is 5.70. The van der Waals surface area contributed by atoms with E-state index in [9.17, 15) is 19.5 Å². The van der Waals surface area contributed by atoms with Gasteiger partial charge < -0.3 is 25.1 Å². The van der Waals surface area contributed by atoms with E-state index in [-0.39, 0.29) is 23.2 Å². The van der Waals surface area contributed by atoms with E-state index in [0.717, 1.165) is 6.42 Å². The van der Waals surface area contributed by atoms with Crippen LogP contribution in [0.15, 0.2) is 40.8 Å². The molecule has 0 radical (unpaired) electrons. The number of rotatable bonds is 6. The van der Waals surface area contributed by atoms with E-state index in [2.05, 4.69) is 37.5 Å². The molecule has 1 saturated carbocycles. The fraction of sp³-hybridized carbons (Fsp3) is 0.500. The molecule has 1 saturated heterocycles. The Morgan fingerprint density at radius 1 is 1.19 bits per heavy atom. The van der Waals surface area contributed by atoms with E-state index in [1.807, 2.05) is 0 Å². The molecule has 9 nitrogen and oxygen atoms in total. The number of nitrogens with zero attached hydrogens (tertiary/aromatic N) is 2. The van der Waals surface area contributed by atoms with Crippen molar-refractivity contribution in [1.29, 1.82) is 5.26 Å². The lowest BCUT2D eigenvalue weighted by Gasteiger charge is -2.47. The van der Waals surface area contributed by atoms with Crippen molar-refractivity contribution in [2.24, 2.45) is 5.41 Å². The number of carbonyl (C=O) groups is 3. The molecule has 2 aromatic rings. The first-order valence-electron chi connectivity index (χ1n) is 12.6. The van der Waals surface area contributed by atoms with Crippen LogP contribution in [0.2, 0.25) is 0 Å². The summed E-state index contributed by atoms with van der Waals surface area (Å²) in [4.78, 5) is 40.3. The van der Waals surface area contributed by atoms with Crippen LogP contribution < -0.4 is 10.6 Å². The largest absolute Gasteiger partial charge is 0.481 e. The topological polar surface area (TPSA) is 136 Å².